The fraction of sp³-hybridized carbons (Fsp3) is 0.250. The number of hydrogen-bond acceptors (Lipinski definition) is 4. The minimum atomic E-state index is 0.521. The number of anilines is 1. The van der Waals surface area contributed by atoms with Crippen LogP contribution in [-0.2, 0) is 6.54 Å². The van der Waals surface area contributed by atoms with Crippen LogP contribution < -0.4 is 5.32 Å². The van der Waals surface area contributed by atoms with Crippen LogP contribution in [0.5, 0.6) is 0 Å². The normalized spacial score (nSPS) is 10.3. The average molecular weight is 249 g/mol. The van der Waals surface area contributed by atoms with Gasteiger partial charge in [-0.05, 0) is 25.5 Å². The van der Waals surface area contributed by atoms with Gasteiger partial charge in [0, 0.05) is 11.6 Å². The molecule has 0 saturated heterocycles. The Kier molecular flexibility index (Phi) is 3.54. The lowest BCUT2D eigenvalue weighted by atomic mass is 10.2. The molecular formula is C12H13ClN4. The molecule has 0 aliphatic carbocycles. The third-order valence-electron chi connectivity index (χ3n) is 2.49. The summed E-state index contributed by atoms with van der Waals surface area (Å²) in [5.74, 6) is 0.521. The monoisotopic (exact) mass is 248 g/mol. The average Bonchev–Trinajstić information content (AvgIpc) is 2.32. The lowest BCUT2D eigenvalue weighted by molar-refractivity contribution is 0.885. The highest BCUT2D eigenvalue weighted by atomic mass is 35.5. The second kappa shape index (κ2) is 5.10. The number of aryl methyl sites for hydroxylation is 2. The Morgan fingerprint density at radius 3 is 2.59 bits per heavy atom. The summed E-state index contributed by atoms with van der Waals surface area (Å²) in [6.45, 7) is 4.38. The third-order valence-corrected chi connectivity index (χ3v) is 2.86. The summed E-state index contributed by atoms with van der Waals surface area (Å²) in [5, 5.41) is 11.8. The van der Waals surface area contributed by atoms with Crippen molar-refractivity contribution in [1.29, 1.82) is 0 Å². The van der Waals surface area contributed by atoms with Gasteiger partial charge in [0.2, 0.25) is 5.95 Å². The summed E-state index contributed by atoms with van der Waals surface area (Å²) in [7, 11) is 0. The zero-order valence-electron chi connectivity index (χ0n) is 9.74. The van der Waals surface area contributed by atoms with E-state index in [1.165, 1.54) is 0 Å². The van der Waals surface area contributed by atoms with E-state index in [9.17, 15) is 0 Å². The molecule has 4 nitrogen and oxygen atoms in total. The molecule has 0 aliphatic rings. The number of benzene rings is 1. The van der Waals surface area contributed by atoms with Crippen molar-refractivity contribution in [3.63, 3.8) is 0 Å². The number of hydrogen-bond donors (Lipinski definition) is 1. The highest BCUT2D eigenvalue weighted by Gasteiger charge is 2.02. The van der Waals surface area contributed by atoms with Crippen molar-refractivity contribution in [3.05, 3.63) is 46.2 Å². The zero-order chi connectivity index (χ0) is 12.3. The van der Waals surface area contributed by atoms with E-state index in [0.717, 1.165) is 22.0 Å². The molecule has 1 heterocycles. The van der Waals surface area contributed by atoms with Crippen molar-refractivity contribution < 1.29 is 0 Å². The van der Waals surface area contributed by atoms with Crippen molar-refractivity contribution >= 4 is 17.5 Å². The van der Waals surface area contributed by atoms with Crippen LogP contribution in [-0.4, -0.2) is 15.2 Å². The van der Waals surface area contributed by atoms with E-state index in [2.05, 4.69) is 20.5 Å². The van der Waals surface area contributed by atoms with Gasteiger partial charge in [0.15, 0.2) is 0 Å². The highest BCUT2D eigenvalue weighted by molar-refractivity contribution is 6.31. The van der Waals surface area contributed by atoms with Gasteiger partial charge in [0.05, 0.1) is 11.4 Å². The van der Waals surface area contributed by atoms with Crippen LogP contribution in [0, 0.1) is 13.8 Å². The molecule has 1 aromatic heterocycles. The van der Waals surface area contributed by atoms with Crippen LogP contribution in [0.25, 0.3) is 0 Å². The van der Waals surface area contributed by atoms with E-state index in [0.29, 0.717) is 12.5 Å². The molecule has 17 heavy (non-hydrogen) atoms. The second-order valence-electron chi connectivity index (χ2n) is 3.75. The van der Waals surface area contributed by atoms with Gasteiger partial charge >= 0.3 is 0 Å². The van der Waals surface area contributed by atoms with Gasteiger partial charge < -0.3 is 5.32 Å². The smallest absolute Gasteiger partial charge is 0.243 e. The Bertz CT molecular complexity index is 528. The van der Waals surface area contributed by atoms with E-state index in [1.54, 1.807) is 0 Å². The van der Waals surface area contributed by atoms with Gasteiger partial charge in [0.1, 0.15) is 0 Å². The SMILES string of the molecule is Cc1nnc(NCc2ccccc2Cl)nc1C. The Balaban J connectivity index is 2.08. The maximum atomic E-state index is 6.05. The summed E-state index contributed by atoms with van der Waals surface area (Å²) in [4.78, 5) is 4.29. The Labute approximate surface area is 105 Å². The summed E-state index contributed by atoms with van der Waals surface area (Å²) in [5.41, 5.74) is 2.73. The fourth-order valence-corrected chi connectivity index (χ4v) is 1.55. The van der Waals surface area contributed by atoms with Crippen molar-refractivity contribution in [1.82, 2.24) is 15.2 Å². The molecule has 1 N–H and O–H groups in total. The van der Waals surface area contributed by atoms with E-state index >= 15 is 0 Å². The first-order valence-electron chi connectivity index (χ1n) is 5.32. The van der Waals surface area contributed by atoms with Crippen LogP contribution in [0.3, 0.4) is 0 Å². The van der Waals surface area contributed by atoms with Crippen LogP contribution in [0.4, 0.5) is 5.95 Å². The van der Waals surface area contributed by atoms with E-state index in [1.807, 2.05) is 38.1 Å². The molecular weight excluding hydrogens is 236 g/mol. The molecule has 0 fully saturated rings. The van der Waals surface area contributed by atoms with Crippen LogP contribution in [0.2, 0.25) is 5.02 Å². The molecule has 0 aliphatic heterocycles. The molecule has 88 valence electrons. The molecule has 0 amide bonds. The van der Waals surface area contributed by atoms with Crippen molar-refractivity contribution in [2.75, 3.05) is 5.32 Å². The van der Waals surface area contributed by atoms with Gasteiger partial charge in [0.25, 0.3) is 0 Å². The second-order valence-corrected chi connectivity index (χ2v) is 4.16. The first kappa shape index (κ1) is 11.8. The Hall–Kier alpha value is -1.68. The number of nitrogens with one attached hydrogen (secondary N) is 1. The fourth-order valence-electron chi connectivity index (χ4n) is 1.35. The molecule has 0 unspecified atom stereocenters. The number of rotatable bonds is 3. The third kappa shape index (κ3) is 2.91. The lowest BCUT2D eigenvalue weighted by Crippen LogP contribution is -2.07. The van der Waals surface area contributed by atoms with Crippen molar-refractivity contribution in [3.8, 4) is 0 Å². The van der Waals surface area contributed by atoms with Gasteiger partial charge in [-0.25, -0.2) is 4.98 Å². The van der Waals surface area contributed by atoms with E-state index in [-0.39, 0.29) is 0 Å². The van der Waals surface area contributed by atoms with Crippen molar-refractivity contribution in [2.45, 2.75) is 20.4 Å². The summed E-state index contributed by atoms with van der Waals surface area (Å²) >= 11 is 6.05. The zero-order valence-corrected chi connectivity index (χ0v) is 10.5. The minimum Gasteiger partial charge on any atom is -0.349 e. The molecule has 0 spiro atoms. The maximum absolute atomic E-state index is 6.05. The number of aromatic nitrogens is 3. The first-order chi connectivity index (χ1) is 8.16. The standard InChI is InChI=1S/C12H13ClN4/c1-8-9(2)16-17-12(15-8)14-7-10-5-3-4-6-11(10)13/h3-6H,7H2,1-2H3,(H,14,15,17). The summed E-state index contributed by atoms with van der Waals surface area (Å²) in [6, 6.07) is 7.67. The van der Waals surface area contributed by atoms with Crippen LogP contribution in [0.1, 0.15) is 17.0 Å². The van der Waals surface area contributed by atoms with Crippen molar-refractivity contribution in [2.24, 2.45) is 0 Å². The van der Waals surface area contributed by atoms with E-state index in [4.69, 9.17) is 11.6 Å². The quantitative estimate of drug-likeness (QED) is 0.908. The molecule has 2 rings (SSSR count). The maximum Gasteiger partial charge on any atom is 0.243 e. The molecule has 0 saturated carbocycles. The van der Waals surface area contributed by atoms with Crippen LogP contribution in [0.15, 0.2) is 24.3 Å². The summed E-state index contributed by atoms with van der Waals surface area (Å²) < 4.78 is 0. The minimum absolute atomic E-state index is 0.521. The van der Waals surface area contributed by atoms with Gasteiger partial charge in [-0.3, -0.25) is 0 Å². The number of nitrogens with zero attached hydrogens (tertiary/aromatic N) is 3. The molecule has 0 radical (unpaired) electrons. The Morgan fingerprint density at radius 2 is 1.88 bits per heavy atom. The molecule has 1 aromatic carbocycles. The number of halogens is 1. The lowest BCUT2D eigenvalue weighted by Gasteiger charge is -2.06. The molecule has 0 bridgehead atoms. The van der Waals surface area contributed by atoms with Gasteiger partial charge in [-0.2, -0.15) is 5.10 Å². The van der Waals surface area contributed by atoms with Crippen LogP contribution >= 0.6 is 11.6 Å². The summed E-state index contributed by atoms with van der Waals surface area (Å²) in [6.07, 6.45) is 0. The van der Waals surface area contributed by atoms with Gasteiger partial charge in [-0.1, -0.05) is 29.8 Å². The largest absolute Gasteiger partial charge is 0.349 e. The topological polar surface area (TPSA) is 50.7 Å². The predicted octanol–water partition coefficient (Wildman–Crippen LogP) is 2.75. The molecule has 0 atom stereocenters. The molecule has 5 heteroatoms. The Morgan fingerprint density at radius 1 is 1.12 bits per heavy atom. The first-order valence-corrected chi connectivity index (χ1v) is 5.70. The molecule has 2 aromatic rings. The van der Waals surface area contributed by atoms with Gasteiger partial charge in [-0.15, -0.1) is 5.10 Å². The highest BCUT2D eigenvalue weighted by Crippen LogP contribution is 2.15. The predicted molar refractivity (Wildman–Crippen MR) is 68.1 cm³/mol. The van der Waals surface area contributed by atoms with E-state index < -0.39 is 0 Å².